The van der Waals surface area contributed by atoms with E-state index in [4.69, 9.17) is 19.9 Å². The maximum absolute atomic E-state index is 6.44. The Morgan fingerprint density at radius 1 is 0.160 bits per heavy atom. The second kappa shape index (κ2) is 23.1. The van der Waals surface area contributed by atoms with Gasteiger partial charge < -0.3 is 18.3 Å². The van der Waals surface area contributed by atoms with Crippen molar-refractivity contribution in [3.63, 3.8) is 0 Å². The molecule has 0 saturated heterocycles. The van der Waals surface area contributed by atoms with Crippen LogP contribution in [0.4, 0.5) is 0 Å². The van der Waals surface area contributed by atoms with Gasteiger partial charge >= 0.3 is 0 Å². The molecule has 0 atom stereocenters. The molecule has 6 aromatic heterocycles. The molecule has 20 rings (SSSR count). The lowest BCUT2D eigenvalue weighted by atomic mass is 9.85. The van der Waals surface area contributed by atoms with Crippen LogP contribution in [-0.2, 0) is 0 Å². The van der Waals surface area contributed by atoms with Crippen molar-refractivity contribution in [1.29, 1.82) is 0 Å². The first kappa shape index (κ1) is 56.8. The molecule has 0 aliphatic heterocycles. The van der Waals surface area contributed by atoms with Crippen molar-refractivity contribution >= 4 is 87.2 Å². The van der Waals surface area contributed by atoms with Crippen LogP contribution in [0.1, 0.15) is 0 Å². The van der Waals surface area contributed by atoms with Crippen molar-refractivity contribution in [2.45, 2.75) is 0 Å². The van der Waals surface area contributed by atoms with Gasteiger partial charge in [-0.25, -0.2) is 19.9 Å². The van der Waals surface area contributed by atoms with Crippen LogP contribution in [0.25, 0.3) is 189 Å². The number of pyridine rings is 1. The molecule has 466 valence electrons. The van der Waals surface area contributed by atoms with Crippen LogP contribution >= 0.6 is 0 Å². The van der Waals surface area contributed by atoms with Gasteiger partial charge in [0.1, 0.15) is 0 Å². The van der Waals surface area contributed by atoms with Gasteiger partial charge in [0.05, 0.1) is 55.5 Å². The normalized spacial score (nSPS) is 11.8. The van der Waals surface area contributed by atoms with E-state index in [0.717, 1.165) is 171 Å². The molecule has 6 heterocycles. The molecule has 0 unspecified atom stereocenters. The minimum Gasteiger partial charge on any atom is -0.309 e. The number of hydrogen-bond donors (Lipinski definition) is 0. The largest absolute Gasteiger partial charge is 0.309 e. The van der Waals surface area contributed by atoms with Crippen molar-refractivity contribution < 1.29 is 0 Å². The molecular formula is C92H58N8. The van der Waals surface area contributed by atoms with Gasteiger partial charge in [-0.15, -0.1) is 0 Å². The fourth-order valence-electron chi connectivity index (χ4n) is 15.6. The molecule has 14 aromatic carbocycles. The minimum atomic E-state index is 0.494. The van der Waals surface area contributed by atoms with E-state index in [1.165, 1.54) is 0 Å². The van der Waals surface area contributed by atoms with Gasteiger partial charge in [-0.1, -0.05) is 255 Å². The molecule has 20 aromatic rings. The van der Waals surface area contributed by atoms with E-state index < -0.39 is 0 Å². The van der Waals surface area contributed by atoms with Gasteiger partial charge in [-0.3, -0.25) is 0 Å². The van der Waals surface area contributed by atoms with Crippen LogP contribution in [0.2, 0.25) is 0 Å². The predicted molar refractivity (Wildman–Crippen MR) is 413 cm³/mol. The van der Waals surface area contributed by atoms with Crippen molar-refractivity contribution in [3.05, 3.63) is 352 Å². The number of rotatable bonds is 11. The molecule has 0 aliphatic carbocycles. The van der Waals surface area contributed by atoms with Gasteiger partial charge in [0.2, 0.25) is 0 Å². The summed E-state index contributed by atoms with van der Waals surface area (Å²) in [6, 6.07) is 126. The van der Waals surface area contributed by atoms with Crippen LogP contribution in [0.15, 0.2) is 352 Å². The first-order valence-electron chi connectivity index (χ1n) is 33.9. The Hall–Kier alpha value is -13.6. The molecule has 0 radical (unpaired) electrons. The highest BCUT2D eigenvalue weighted by molar-refractivity contribution is 6.17. The van der Waals surface area contributed by atoms with Gasteiger partial charge in [0, 0.05) is 105 Å². The lowest BCUT2D eigenvalue weighted by Crippen LogP contribution is -2.06. The van der Waals surface area contributed by atoms with E-state index in [2.05, 4.69) is 358 Å². The Morgan fingerprint density at radius 3 is 0.710 bits per heavy atom. The van der Waals surface area contributed by atoms with E-state index in [-0.39, 0.29) is 0 Å². The van der Waals surface area contributed by atoms with E-state index in [1.54, 1.807) is 0 Å². The third kappa shape index (κ3) is 9.08. The van der Waals surface area contributed by atoms with Crippen LogP contribution in [0.3, 0.4) is 0 Å². The highest BCUT2D eigenvalue weighted by atomic mass is 15.0. The number of hydrogen-bond acceptors (Lipinski definition) is 4. The Kier molecular flexibility index (Phi) is 13.1. The summed E-state index contributed by atoms with van der Waals surface area (Å²) in [5.74, 6) is 1.58. The second-order valence-electron chi connectivity index (χ2n) is 25.7. The molecule has 100 heavy (non-hydrogen) atoms. The quantitative estimate of drug-likeness (QED) is 0.129. The molecule has 0 fully saturated rings. The maximum atomic E-state index is 6.44. The molecule has 8 nitrogen and oxygen atoms in total. The highest BCUT2D eigenvalue weighted by Gasteiger charge is 2.31. The maximum Gasteiger partial charge on any atom is 0.165 e. The SMILES string of the molecule is c1ccc(-c2nc(-c3ccccc3)nc(-c3c(-c4ccc5c6ccccc6n(-c6ccccc6)c5c4)c(-c4ccc5c6ccccc6n(-c6ccccc6)c5c4)nc(-c4ccc5c6ccccc6n(-c6ccccc6)c5c4)c3-c3ccc4c5ccccc5n(-c5ccccc5)c4c3)n2)cc1. The topological polar surface area (TPSA) is 71.3 Å². The van der Waals surface area contributed by atoms with Gasteiger partial charge in [-0.2, -0.15) is 0 Å². The standard InChI is InChI=1S/C92H58N8/c1-7-27-59(28-8-1)90-94-91(60-29-9-2-10-30-60)96-92(95-90)87-85(61-47-51-73-69-39-19-23-43-77(69)97(81(73)55-61)65-31-11-3-12-32-65)88(63-49-53-75-71-41-21-25-45-79(71)99(83(75)57-63)67-35-15-5-16-36-67)93-89(64-50-54-76-72-42-22-26-46-80(72)100(84(76)58-64)68-37-17-6-18-38-68)86(87)62-48-52-74-70-40-20-24-44-78(70)98(82(74)56-62)66-33-13-4-14-34-66/h1-58H. The molecule has 0 saturated carbocycles. The Morgan fingerprint density at radius 2 is 0.400 bits per heavy atom. The average molecular weight is 1280 g/mol. The lowest BCUT2D eigenvalue weighted by molar-refractivity contribution is 1.07. The first-order chi connectivity index (χ1) is 49.6. The summed E-state index contributed by atoms with van der Waals surface area (Å²) in [7, 11) is 0. The average Bonchev–Trinajstić information content (AvgIpc) is 1.30. The van der Waals surface area contributed by atoms with Crippen molar-refractivity contribution in [1.82, 2.24) is 38.2 Å². The van der Waals surface area contributed by atoms with Gasteiger partial charge in [0.25, 0.3) is 0 Å². The van der Waals surface area contributed by atoms with Gasteiger partial charge in [0.15, 0.2) is 17.5 Å². The fraction of sp³-hybridized carbons (Fsp3) is 0. The molecule has 0 amide bonds. The summed E-state index contributed by atoms with van der Waals surface area (Å²) in [5, 5.41) is 9.16. The third-order valence-corrected chi connectivity index (χ3v) is 20.0. The number of aromatic nitrogens is 8. The third-order valence-electron chi connectivity index (χ3n) is 20.0. The van der Waals surface area contributed by atoms with Crippen LogP contribution < -0.4 is 0 Å². The molecule has 8 heteroatoms. The lowest BCUT2D eigenvalue weighted by Gasteiger charge is -2.23. The Labute approximate surface area is 575 Å². The minimum absolute atomic E-state index is 0.494. The van der Waals surface area contributed by atoms with Gasteiger partial charge in [-0.05, 0) is 108 Å². The van der Waals surface area contributed by atoms with E-state index >= 15 is 0 Å². The summed E-state index contributed by atoms with van der Waals surface area (Å²) in [6.45, 7) is 0. The zero-order valence-electron chi connectivity index (χ0n) is 54.1. The van der Waals surface area contributed by atoms with Crippen molar-refractivity contribution in [2.24, 2.45) is 0 Å². The van der Waals surface area contributed by atoms with Crippen LogP contribution in [-0.4, -0.2) is 38.2 Å². The predicted octanol–water partition coefficient (Wildman–Crippen LogP) is 23.3. The summed E-state index contributed by atoms with van der Waals surface area (Å²) in [5.41, 5.74) is 22.3. The van der Waals surface area contributed by atoms with Crippen LogP contribution in [0, 0.1) is 0 Å². The number of benzene rings is 14. The molecule has 0 N–H and O–H groups in total. The smallest absolute Gasteiger partial charge is 0.165 e. The van der Waals surface area contributed by atoms with E-state index in [9.17, 15) is 0 Å². The molecule has 0 aliphatic rings. The van der Waals surface area contributed by atoms with E-state index in [0.29, 0.717) is 17.5 Å². The monoisotopic (exact) mass is 1270 g/mol. The Balaban J connectivity index is 1.01. The Bertz CT molecular complexity index is 6220. The number of nitrogens with zero attached hydrogens (tertiary/aromatic N) is 8. The summed E-state index contributed by atoms with van der Waals surface area (Å²) < 4.78 is 9.61. The van der Waals surface area contributed by atoms with Crippen molar-refractivity contribution in [2.75, 3.05) is 0 Å². The number of fused-ring (bicyclic) bond motifs is 12. The van der Waals surface area contributed by atoms with E-state index in [1.807, 2.05) is 12.1 Å². The van der Waals surface area contributed by atoms with Crippen molar-refractivity contribution in [3.8, 4) is 102 Å². The first-order valence-corrected chi connectivity index (χ1v) is 33.9. The fourth-order valence-corrected chi connectivity index (χ4v) is 15.6. The zero-order valence-corrected chi connectivity index (χ0v) is 54.1. The molecule has 0 bridgehead atoms. The summed E-state index contributed by atoms with van der Waals surface area (Å²) in [6.07, 6.45) is 0. The second-order valence-corrected chi connectivity index (χ2v) is 25.7. The number of para-hydroxylation sites is 8. The van der Waals surface area contributed by atoms with Crippen LogP contribution in [0.5, 0.6) is 0 Å². The summed E-state index contributed by atoms with van der Waals surface area (Å²) >= 11 is 0. The highest BCUT2D eigenvalue weighted by Crippen LogP contribution is 2.52. The molecular weight excluding hydrogens is 1220 g/mol. The molecule has 0 spiro atoms. The summed E-state index contributed by atoms with van der Waals surface area (Å²) in [4.78, 5) is 23.6. The zero-order chi connectivity index (χ0) is 65.8.